The number of phenolic OH excluding ortho intramolecular Hbond substituents is 1. The van der Waals surface area contributed by atoms with Gasteiger partial charge in [-0.3, -0.25) is 0 Å². The normalized spacial score (nSPS) is 12.9. The highest BCUT2D eigenvalue weighted by Gasteiger charge is 2.16. The van der Waals surface area contributed by atoms with E-state index in [1.807, 2.05) is 13.8 Å². The monoisotopic (exact) mass is 292 g/mol. The fraction of sp³-hybridized carbons (Fsp3) is 0.412. The molecule has 0 heterocycles. The van der Waals surface area contributed by atoms with Crippen LogP contribution >= 0.6 is 0 Å². The molecule has 0 aliphatic heterocycles. The molecule has 0 aliphatic rings. The zero-order chi connectivity index (χ0) is 15.8. The van der Waals surface area contributed by atoms with Gasteiger partial charge in [-0.1, -0.05) is 24.3 Å². The van der Waals surface area contributed by atoms with Crippen LogP contribution in [-0.2, 0) is 4.89 Å². The maximum Gasteiger partial charge on any atom is 0.248 e. The van der Waals surface area contributed by atoms with Crippen LogP contribution in [0.1, 0.15) is 33.6 Å². The van der Waals surface area contributed by atoms with Crippen LogP contribution in [0.25, 0.3) is 0 Å². The topological polar surface area (TPSA) is 47.9 Å². The van der Waals surface area contributed by atoms with Crippen LogP contribution in [-0.4, -0.2) is 18.3 Å². The van der Waals surface area contributed by atoms with Gasteiger partial charge >= 0.3 is 0 Å². The van der Waals surface area contributed by atoms with Gasteiger partial charge in [-0.15, -0.1) is 0 Å². The molecule has 1 unspecified atom stereocenters. The molecular weight excluding hydrogens is 268 g/mol. The first-order valence-electron chi connectivity index (χ1n) is 6.96. The summed E-state index contributed by atoms with van der Waals surface area (Å²) in [5, 5.41) is 9.81. The van der Waals surface area contributed by atoms with Gasteiger partial charge in [0.2, 0.25) is 5.75 Å². The molecule has 4 nitrogen and oxygen atoms in total. The van der Waals surface area contributed by atoms with Gasteiger partial charge in [0.05, 0.1) is 7.11 Å². The predicted molar refractivity (Wildman–Crippen MR) is 83.6 cm³/mol. The van der Waals surface area contributed by atoms with Gasteiger partial charge in [0.25, 0.3) is 0 Å². The predicted octanol–water partition coefficient (Wildman–Crippen LogP) is 4.40. The molecule has 4 heteroatoms. The Hall–Kier alpha value is -1.94. The average Bonchev–Trinajstić information content (AvgIpc) is 2.47. The van der Waals surface area contributed by atoms with E-state index < -0.39 is 0 Å². The standard InChI is InChI=1S/C17H24O4/c1-6-13(4)10-11-15(12(2)3)20-21-17-14(18)8-7-9-16(17)19-5/h6-9,15,18H,2,10-11H2,1,3-5H3/b13-6+. The molecule has 1 aromatic rings. The molecule has 0 bridgehead atoms. The summed E-state index contributed by atoms with van der Waals surface area (Å²) in [5.74, 6) is 0.563. The van der Waals surface area contributed by atoms with Crippen LogP contribution in [0, 0.1) is 0 Å². The van der Waals surface area contributed by atoms with E-state index in [1.54, 1.807) is 12.1 Å². The third-order valence-electron chi connectivity index (χ3n) is 3.27. The minimum atomic E-state index is -0.246. The first-order valence-corrected chi connectivity index (χ1v) is 6.96. The summed E-state index contributed by atoms with van der Waals surface area (Å²) >= 11 is 0. The second kappa shape index (κ2) is 8.37. The van der Waals surface area contributed by atoms with E-state index in [0.29, 0.717) is 5.75 Å². The van der Waals surface area contributed by atoms with E-state index in [1.165, 1.54) is 18.7 Å². The van der Waals surface area contributed by atoms with Gasteiger partial charge in [-0.25, -0.2) is 0 Å². The van der Waals surface area contributed by atoms with Crippen molar-refractivity contribution in [3.05, 3.63) is 42.0 Å². The van der Waals surface area contributed by atoms with Gasteiger partial charge in [-0.2, -0.15) is 4.89 Å². The second-order valence-electron chi connectivity index (χ2n) is 5.00. The summed E-state index contributed by atoms with van der Waals surface area (Å²) < 4.78 is 5.14. The Morgan fingerprint density at radius 2 is 2.10 bits per heavy atom. The Labute approximate surface area is 126 Å². The smallest absolute Gasteiger partial charge is 0.248 e. The first-order chi connectivity index (χ1) is 9.99. The summed E-state index contributed by atoms with van der Waals surface area (Å²) in [4.78, 5) is 10.7. The van der Waals surface area contributed by atoms with E-state index in [-0.39, 0.29) is 17.6 Å². The summed E-state index contributed by atoms with van der Waals surface area (Å²) in [6.07, 6.45) is 3.49. The number of para-hydroxylation sites is 1. The molecule has 0 aromatic heterocycles. The van der Waals surface area contributed by atoms with Gasteiger partial charge in [0.1, 0.15) is 6.10 Å². The van der Waals surface area contributed by atoms with Crippen LogP contribution in [0.15, 0.2) is 42.0 Å². The Balaban J connectivity index is 2.72. The molecule has 21 heavy (non-hydrogen) atoms. The number of ether oxygens (including phenoxy) is 1. The minimum Gasteiger partial charge on any atom is -0.504 e. The number of allylic oxidation sites excluding steroid dienone is 2. The van der Waals surface area contributed by atoms with Crippen molar-refractivity contribution in [2.75, 3.05) is 7.11 Å². The lowest BCUT2D eigenvalue weighted by Crippen LogP contribution is -2.17. The Bertz CT molecular complexity index is 506. The molecule has 116 valence electrons. The molecule has 0 radical (unpaired) electrons. The molecule has 0 aliphatic carbocycles. The number of rotatable bonds is 8. The highest BCUT2D eigenvalue weighted by atomic mass is 17.2. The lowest BCUT2D eigenvalue weighted by molar-refractivity contribution is -0.236. The molecule has 0 spiro atoms. The molecule has 0 saturated heterocycles. The van der Waals surface area contributed by atoms with Crippen molar-refractivity contribution in [2.45, 2.75) is 39.7 Å². The fourth-order valence-electron chi connectivity index (χ4n) is 1.73. The van der Waals surface area contributed by atoms with Gasteiger partial charge in [-0.05, 0) is 51.3 Å². The van der Waals surface area contributed by atoms with E-state index in [4.69, 9.17) is 14.5 Å². The first kappa shape index (κ1) is 17.1. The van der Waals surface area contributed by atoms with Crippen molar-refractivity contribution in [1.29, 1.82) is 0 Å². The molecule has 0 amide bonds. The van der Waals surface area contributed by atoms with Gasteiger partial charge < -0.3 is 14.7 Å². The molecule has 1 rings (SSSR count). The fourth-order valence-corrected chi connectivity index (χ4v) is 1.73. The number of hydrogen-bond donors (Lipinski definition) is 1. The maximum absolute atomic E-state index is 9.81. The summed E-state index contributed by atoms with van der Waals surface area (Å²) in [6, 6.07) is 4.88. The number of aromatic hydroxyl groups is 1. The molecule has 0 saturated carbocycles. The lowest BCUT2D eigenvalue weighted by Gasteiger charge is -2.18. The Kier molecular flexibility index (Phi) is 6.82. The molecular formula is C17H24O4. The molecule has 1 aromatic carbocycles. The van der Waals surface area contributed by atoms with Crippen molar-refractivity contribution in [3.8, 4) is 17.2 Å². The lowest BCUT2D eigenvalue weighted by atomic mass is 10.0. The van der Waals surface area contributed by atoms with Crippen molar-refractivity contribution in [1.82, 2.24) is 0 Å². The van der Waals surface area contributed by atoms with Crippen molar-refractivity contribution in [2.24, 2.45) is 0 Å². The van der Waals surface area contributed by atoms with Crippen molar-refractivity contribution < 1.29 is 19.6 Å². The Morgan fingerprint density at radius 3 is 2.67 bits per heavy atom. The van der Waals surface area contributed by atoms with Crippen molar-refractivity contribution >= 4 is 0 Å². The molecule has 0 fully saturated rings. The minimum absolute atomic E-state index is 0.0283. The summed E-state index contributed by atoms with van der Waals surface area (Å²) in [7, 11) is 1.51. The van der Waals surface area contributed by atoms with Crippen LogP contribution < -0.4 is 9.62 Å². The number of phenols is 1. The van der Waals surface area contributed by atoms with Crippen molar-refractivity contribution in [3.63, 3.8) is 0 Å². The number of benzene rings is 1. The third-order valence-corrected chi connectivity index (χ3v) is 3.27. The maximum atomic E-state index is 9.81. The molecule has 1 N–H and O–H groups in total. The summed E-state index contributed by atoms with van der Waals surface area (Å²) in [6.45, 7) is 9.89. The zero-order valence-electron chi connectivity index (χ0n) is 13.2. The second-order valence-corrected chi connectivity index (χ2v) is 5.00. The van der Waals surface area contributed by atoms with Gasteiger partial charge in [0, 0.05) is 0 Å². The quantitative estimate of drug-likeness (QED) is 0.438. The van der Waals surface area contributed by atoms with E-state index >= 15 is 0 Å². The highest BCUT2D eigenvalue weighted by molar-refractivity contribution is 5.49. The SMILES string of the molecule is C=C(C)C(CC/C(C)=C/C)OOc1c(O)cccc1OC. The van der Waals surface area contributed by atoms with Crippen LogP contribution in [0.4, 0.5) is 0 Å². The van der Waals surface area contributed by atoms with E-state index in [9.17, 15) is 5.11 Å². The summed E-state index contributed by atoms with van der Waals surface area (Å²) in [5.41, 5.74) is 2.15. The zero-order valence-corrected chi connectivity index (χ0v) is 13.2. The third kappa shape index (κ3) is 5.16. The van der Waals surface area contributed by atoms with Crippen LogP contribution in [0.2, 0.25) is 0 Å². The Morgan fingerprint density at radius 1 is 1.38 bits per heavy atom. The average molecular weight is 292 g/mol. The van der Waals surface area contributed by atoms with Crippen LogP contribution in [0.5, 0.6) is 17.2 Å². The van der Waals surface area contributed by atoms with E-state index in [2.05, 4.69) is 19.6 Å². The molecule has 1 atom stereocenters. The van der Waals surface area contributed by atoms with Gasteiger partial charge in [0.15, 0.2) is 11.5 Å². The highest BCUT2D eigenvalue weighted by Crippen LogP contribution is 2.36. The number of methoxy groups -OCH3 is 1. The number of hydrogen-bond acceptors (Lipinski definition) is 4. The van der Waals surface area contributed by atoms with Crippen LogP contribution in [0.3, 0.4) is 0 Å². The van der Waals surface area contributed by atoms with E-state index in [0.717, 1.165) is 18.4 Å². The largest absolute Gasteiger partial charge is 0.504 e.